The van der Waals surface area contributed by atoms with Gasteiger partial charge >= 0.3 is 0 Å². The van der Waals surface area contributed by atoms with E-state index in [4.69, 9.17) is 4.74 Å². The molecule has 4 unspecified atom stereocenters. The van der Waals surface area contributed by atoms with Gasteiger partial charge in [-0.05, 0) is 18.4 Å². The van der Waals surface area contributed by atoms with Gasteiger partial charge in [0.25, 0.3) is 5.91 Å². The zero-order valence-electron chi connectivity index (χ0n) is 16.8. The van der Waals surface area contributed by atoms with Crippen LogP contribution < -0.4 is 0 Å². The van der Waals surface area contributed by atoms with Crippen LogP contribution in [0.15, 0.2) is 60.7 Å². The average molecular weight is 403 g/mol. The van der Waals surface area contributed by atoms with Gasteiger partial charge in [-0.25, -0.2) is 0 Å². The van der Waals surface area contributed by atoms with Crippen LogP contribution in [0.25, 0.3) is 0 Å². The first-order valence-corrected chi connectivity index (χ1v) is 10.8. The first kappa shape index (κ1) is 19.2. The molecule has 2 aliphatic heterocycles. The SMILES string of the molecule is O=C1C(=O)N(C2CCCCC2)C(C2OC2c2ccccc2)C1C(=O)c1ccccc1. The summed E-state index contributed by atoms with van der Waals surface area (Å²) in [7, 11) is 0. The van der Waals surface area contributed by atoms with Crippen LogP contribution in [0.3, 0.4) is 0 Å². The predicted octanol–water partition coefficient (Wildman–Crippen LogP) is 3.74. The molecule has 2 aromatic rings. The normalized spacial score (nSPS) is 29.3. The van der Waals surface area contributed by atoms with E-state index in [1.807, 2.05) is 36.4 Å². The molecule has 1 aliphatic carbocycles. The molecule has 1 amide bonds. The molecule has 2 heterocycles. The maximum Gasteiger partial charge on any atom is 0.291 e. The van der Waals surface area contributed by atoms with Crippen molar-refractivity contribution < 1.29 is 19.1 Å². The fourth-order valence-corrected chi connectivity index (χ4v) is 5.18. The summed E-state index contributed by atoms with van der Waals surface area (Å²) in [5.74, 6) is -2.37. The standard InChI is InChI=1S/C25H25NO4/c27-21(16-10-4-1-5-11-16)19-20(24-23(30-24)17-12-6-2-7-13-17)26(25(29)22(19)28)18-14-8-3-9-15-18/h1-2,4-7,10-13,18-20,23-24H,3,8-9,14-15H2. The van der Waals surface area contributed by atoms with E-state index in [9.17, 15) is 14.4 Å². The number of likely N-dealkylation sites (tertiary alicyclic amines) is 1. The van der Waals surface area contributed by atoms with Gasteiger partial charge in [0.05, 0.1) is 6.04 Å². The van der Waals surface area contributed by atoms with Crippen molar-refractivity contribution >= 4 is 17.5 Å². The number of hydrogen-bond acceptors (Lipinski definition) is 4. The van der Waals surface area contributed by atoms with Crippen LogP contribution in [0.5, 0.6) is 0 Å². The summed E-state index contributed by atoms with van der Waals surface area (Å²) in [6.45, 7) is 0. The van der Waals surface area contributed by atoms with Crippen molar-refractivity contribution in [3.8, 4) is 0 Å². The van der Waals surface area contributed by atoms with E-state index in [1.54, 1.807) is 29.2 Å². The quantitative estimate of drug-likeness (QED) is 0.330. The third-order valence-corrected chi connectivity index (χ3v) is 6.69. The maximum absolute atomic E-state index is 13.4. The van der Waals surface area contributed by atoms with Gasteiger partial charge in [0.1, 0.15) is 18.1 Å². The molecule has 5 nitrogen and oxygen atoms in total. The molecular weight excluding hydrogens is 378 g/mol. The molecule has 0 N–H and O–H groups in total. The van der Waals surface area contributed by atoms with Crippen molar-refractivity contribution in [2.45, 2.75) is 56.4 Å². The summed E-state index contributed by atoms with van der Waals surface area (Å²) in [6.07, 6.45) is 4.47. The van der Waals surface area contributed by atoms with Gasteiger partial charge in [-0.1, -0.05) is 79.9 Å². The van der Waals surface area contributed by atoms with Crippen LogP contribution >= 0.6 is 0 Å². The minimum Gasteiger partial charge on any atom is -0.362 e. The molecule has 2 saturated heterocycles. The van der Waals surface area contributed by atoms with Crippen LogP contribution in [0, 0.1) is 5.92 Å². The van der Waals surface area contributed by atoms with Crippen LogP contribution in [0.2, 0.25) is 0 Å². The van der Waals surface area contributed by atoms with Gasteiger partial charge in [-0.15, -0.1) is 0 Å². The number of amides is 1. The van der Waals surface area contributed by atoms with Crippen molar-refractivity contribution in [1.82, 2.24) is 4.90 Å². The van der Waals surface area contributed by atoms with Crippen LogP contribution in [-0.2, 0) is 14.3 Å². The van der Waals surface area contributed by atoms with Crippen molar-refractivity contribution in [2.75, 3.05) is 0 Å². The number of Topliss-reactive ketones (excluding diaryl/α,β-unsaturated/α-hetero) is 2. The van der Waals surface area contributed by atoms with E-state index in [0.717, 1.165) is 37.7 Å². The second-order valence-electron chi connectivity index (χ2n) is 8.50. The summed E-state index contributed by atoms with van der Waals surface area (Å²) in [5.41, 5.74) is 1.49. The Morgan fingerprint density at radius 1 is 0.867 bits per heavy atom. The lowest BCUT2D eigenvalue weighted by Gasteiger charge is -2.35. The zero-order valence-corrected chi connectivity index (χ0v) is 16.8. The van der Waals surface area contributed by atoms with Gasteiger partial charge in [0, 0.05) is 11.6 Å². The van der Waals surface area contributed by atoms with E-state index in [2.05, 4.69) is 0 Å². The number of carbonyl (C=O) groups excluding carboxylic acids is 3. The zero-order chi connectivity index (χ0) is 20.7. The van der Waals surface area contributed by atoms with Crippen LogP contribution in [-0.4, -0.2) is 40.6 Å². The first-order valence-electron chi connectivity index (χ1n) is 10.8. The monoisotopic (exact) mass is 403 g/mol. The maximum atomic E-state index is 13.4. The minimum absolute atomic E-state index is 0.00870. The topological polar surface area (TPSA) is 67.0 Å². The molecule has 1 saturated carbocycles. The molecule has 0 aromatic heterocycles. The number of hydrogen-bond donors (Lipinski definition) is 0. The van der Waals surface area contributed by atoms with Gasteiger partial charge < -0.3 is 9.64 Å². The average Bonchev–Trinajstić information content (AvgIpc) is 3.55. The molecule has 0 radical (unpaired) electrons. The lowest BCUT2D eigenvalue weighted by atomic mass is 9.86. The number of carbonyl (C=O) groups is 3. The summed E-state index contributed by atoms with van der Waals surface area (Å²) in [5, 5.41) is 0. The van der Waals surface area contributed by atoms with Gasteiger partial charge in [0.2, 0.25) is 5.78 Å². The van der Waals surface area contributed by atoms with E-state index < -0.39 is 23.7 Å². The Hall–Kier alpha value is -2.79. The van der Waals surface area contributed by atoms with E-state index in [0.29, 0.717) is 5.56 Å². The van der Waals surface area contributed by atoms with Crippen LogP contribution in [0.1, 0.15) is 54.1 Å². The molecule has 3 aliphatic rings. The fraction of sp³-hybridized carbons (Fsp3) is 0.400. The molecule has 154 valence electrons. The van der Waals surface area contributed by atoms with Crippen molar-refractivity contribution in [3.05, 3.63) is 71.8 Å². The molecular formula is C25H25NO4. The van der Waals surface area contributed by atoms with Crippen molar-refractivity contribution in [1.29, 1.82) is 0 Å². The Morgan fingerprint density at radius 3 is 2.17 bits per heavy atom. The minimum atomic E-state index is -1.000. The second kappa shape index (κ2) is 7.80. The summed E-state index contributed by atoms with van der Waals surface area (Å²) >= 11 is 0. The Labute approximate surface area is 176 Å². The number of benzene rings is 2. The second-order valence-corrected chi connectivity index (χ2v) is 8.50. The van der Waals surface area contributed by atoms with Crippen molar-refractivity contribution in [2.24, 2.45) is 5.92 Å². The number of epoxide rings is 1. The van der Waals surface area contributed by atoms with Crippen LogP contribution in [0.4, 0.5) is 0 Å². The highest BCUT2D eigenvalue weighted by molar-refractivity contribution is 6.44. The van der Waals surface area contributed by atoms with E-state index in [-0.39, 0.29) is 24.0 Å². The molecule has 2 aromatic carbocycles. The van der Waals surface area contributed by atoms with Gasteiger partial charge in [-0.3, -0.25) is 14.4 Å². The molecule has 0 bridgehead atoms. The summed E-state index contributed by atoms with van der Waals surface area (Å²) < 4.78 is 6.02. The molecule has 30 heavy (non-hydrogen) atoms. The molecule has 3 fully saturated rings. The van der Waals surface area contributed by atoms with E-state index >= 15 is 0 Å². The van der Waals surface area contributed by atoms with Gasteiger partial charge in [0.15, 0.2) is 5.78 Å². The largest absolute Gasteiger partial charge is 0.362 e. The third kappa shape index (κ3) is 3.27. The lowest BCUT2D eigenvalue weighted by molar-refractivity contribution is -0.142. The van der Waals surface area contributed by atoms with Crippen molar-refractivity contribution in [3.63, 3.8) is 0 Å². The number of rotatable bonds is 5. The number of ketones is 2. The highest BCUT2D eigenvalue weighted by Crippen LogP contribution is 2.48. The number of ether oxygens (including phenoxy) is 1. The molecule has 5 rings (SSSR count). The van der Waals surface area contributed by atoms with E-state index in [1.165, 1.54) is 0 Å². The Bertz CT molecular complexity index is 952. The molecule has 0 spiro atoms. The lowest BCUT2D eigenvalue weighted by Crippen LogP contribution is -2.48. The Balaban J connectivity index is 1.50. The Kier molecular flexibility index (Phi) is 4.99. The molecule has 4 atom stereocenters. The Morgan fingerprint density at radius 2 is 1.50 bits per heavy atom. The predicted molar refractivity (Wildman–Crippen MR) is 111 cm³/mol. The van der Waals surface area contributed by atoms with Gasteiger partial charge in [-0.2, -0.15) is 0 Å². The smallest absolute Gasteiger partial charge is 0.291 e. The number of nitrogens with zero attached hydrogens (tertiary/aromatic N) is 1. The summed E-state index contributed by atoms with van der Waals surface area (Å²) in [6, 6.07) is 18.1. The third-order valence-electron chi connectivity index (χ3n) is 6.69. The summed E-state index contributed by atoms with van der Waals surface area (Å²) in [4.78, 5) is 41.3. The molecule has 5 heteroatoms. The fourth-order valence-electron chi connectivity index (χ4n) is 5.18. The highest BCUT2D eigenvalue weighted by atomic mass is 16.6. The first-order chi connectivity index (χ1) is 14.7. The highest BCUT2D eigenvalue weighted by Gasteiger charge is 2.62.